The Morgan fingerprint density at radius 3 is 2.20 bits per heavy atom. The van der Waals surface area contributed by atoms with Crippen molar-refractivity contribution in [2.45, 2.75) is 43.7 Å². The molecule has 0 spiro atoms. The van der Waals surface area contributed by atoms with Crippen LogP contribution in [0.5, 0.6) is 5.75 Å². The van der Waals surface area contributed by atoms with Gasteiger partial charge in [0.1, 0.15) is 5.75 Å². The molecule has 0 aromatic heterocycles. The third kappa shape index (κ3) is 5.99. The number of aryl methyl sites for hydroxylation is 1. The maximum Gasteiger partial charge on any atom is 0.387 e. The quantitative estimate of drug-likeness (QED) is 0.652. The molecule has 30 heavy (non-hydrogen) atoms. The van der Waals surface area contributed by atoms with E-state index in [1.54, 1.807) is 36.4 Å². The monoisotopic (exact) mass is 438 g/mol. The van der Waals surface area contributed by atoms with E-state index >= 15 is 0 Å². The maximum absolute atomic E-state index is 12.5. The molecule has 9 heteroatoms. The van der Waals surface area contributed by atoms with Crippen molar-refractivity contribution in [1.82, 2.24) is 9.62 Å². The number of alkyl halides is 2. The molecule has 6 nitrogen and oxygen atoms in total. The number of nitrogens with zero attached hydrogens (tertiary/aromatic N) is 1. The summed E-state index contributed by atoms with van der Waals surface area (Å²) in [6.07, 6.45) is 2.52. The van der Waals surface area contributed by atoms with Crippen molar-refractivity contribution in [3.05, 3.63) is 59.7 Å². The lowest BCUT2D eigenvalue weighted by molar-refractivity contribution is -0.121. The molecule has 1 N–H and O–H groups in total. The molecule has 0 saturated carbocycles. The van der Waals surface area contributed by atoms with Crippen LogP contribution in [0.2, 0.25) is 0 Å². The normalized spacial score (nSPS) is 14.8. The van der Waals surface area contributed by atoms with E-state index in [4.69, 9.17) is 0 Å². The lowest BCUT2D eigenvalue weighted by Crippen LogP contribution is -2.27. The molecule has 1 amide bonds. The van der Waals surface area contributed by atoms with Crippen LogP contribution >= 0.6 is 0 Å². The Morgan fingerprint density at radius 2 is 1.60 bits per heavy atom. The van der Waals surface area contributed by atoms with Gasteiger partial charge < -0.3 is 10.1 Å². The summed E-state index contributed by atoms with van der Waals surface area (Å²) in [6.45, 7) is -1.47. The summed E-state index contributed by atoms with van der Waals surface area (Å²) < 4.78 is 55.1. The van der Waals surface area contributed by atoms with Gasteiger partial charge >= 0.3 is 6.61 Å². The minimum atomic E-state index is -3.43. The molecule has 1 heterocycles. The number of amides is 1. The molecular weight excluding hydrogens is 414 g/mol. The van der Waals surface area contributed by atoms with Crippen LogP contribution in [-0.4, -0.2) is 38.3 Å². The summed E-state index contributed by atoms with van der Waals surface area (Å²) in [5, 5.41) is 2.77. The zero-order valence-electron chi connectivity index (χ0n) is 16.4. The van der Waals surface area contributed by atoms with Crippen molar-refractivity contribution in [3.8, 4) is 5.75 Å². The number of carbonyl (C=O) groups is 1. The number of rotatable bonds is 9. The van der Waals surface area contributed by atoms with Gasteiger partial charge in [-0.05, 0) is 54.7 Å². The molecule has 2 aromatic rings. The zero-order valence-corrected chi connectivity index (χ0v) is 17.2. The Hall–Kier alpha value is -2.52. The minimum Gasteiger partial charge on any atom is -0.435 e. The Balaban J connectivity index is 1.45. The molecule has 0 radical (unpaired) electrons. The van der Waals surface area contributed by atoms with Crippen molar-refractivity contribution in [3.63, 3.8) is 0 Å². The topological polar surface area (TPSA) is 75.7 Å². The second-order valence-corrected chi connectivity index (χ2v) is 8.99. The number of ether oxygens (including phenoxy) is 1. The van der Waals surface area contributed by atoms with Crippen LogP contribution in [0.3, 0.4) is 0 Å². The molecule has 0 unspecified atom stereocenters. The number of sulfonamides is 1. The Morgan fingerprint density at radius 1 is 1.00 bits per heavy atom. The Labute approximate surface area is 174 Å². The van der Waals surface area contributed by atoms with Crippen LogP contribution in [0.25, 0.3) is 0 Å². The first-order valence-electron chi connectivity index (χ1n) is 9.74. The Kier molecular flexibility index (Phi) is 7.38. The van der Waals surface area contributed by atoms with Gasteiger partial charge in [-0.3, -0.25) is 4.79 Å². The van der Waals surface area contributed by atoms with E-state index in [9.17, 15) is 22.0 Å². The molecule has 0 atom stereocenters. The molecule has 0 bridgehead atoms. The van der Waals surface area contributed by atoms with Gasteiger partial charge in [-0.1, -0.05) is 24.3 Å². The van der Waals surface area contributed by atoms with Crippen LogP contribution in [-0.2, 0) is 27.8 Å². The third-order valence-electron chi connectivity index (χ3n) is 4.91. The Bertz CT molecular complexity index is 942. The smallest absolute Gasteiger partial charge is 0.387 e. The van der Waals surface area contributed by atoms with Crippen LogP contribution in [0.15, 0.2) is 53.4 Å². The number of hydrogen-bond donors (Lipinski definition) is 1. The molecule has 1 saturated heterocycles. The van der Waals surface area contributed by atoms with Crippen molar-refractivity contribution < 1.29 is 26.7 Å². The fourth-order valence-electron chi connectivity index (χ4n) is 3.24. The summed E-state index contributed by atoms with van der Waals surface area (Å²) in [4.78, 5) is 12.3. The van der Waals surface area contributed by atoms with Gasteiger partial charge in [0, 0.05) is 26.1 Å². The predicted octanol–water partition coefficient (Wildman–Crippen LogP) is 3.32. The molecule has 1 aliphatic heterocycles. The van der Waals surface area contributed by atoms with Crippen LogP contribution in [0.4, 0.5) is 8.78 Å². The van der Waals surface area contributed by atoms with E-state index in [0.717, 1.165) is 24.0 Å². The highest BCUT2D eigenvalue weighted by atomic mass is 32.2. The predicted molar refractivity (Wildman–Crippen MR) is 108 cm³/mol. The first kappa shape index (κ1) is 22.2. The molecule has 0 aliphatic carbocycles. The lowest BCUT2D eigenvalue weighted by atomic mass is 10.1. The van der Waals surface area contributed by atoms with Gasteiger partial charge in [0.15, 0.2) is 0 Å². The van der Waals surface area contributed by atoms with Crippen molar-refractivity contribution in [1.29, 1.82) is 0 Å². The van der Waals surface area contributed by atoms with Gasteiger partial charge in [0.25, 0.3) is 0 Å². The van der Waals surface area contributed by atoms with Crippen molar-refractivity contribution >= 4 is 15.9 Å². The van der Waals surface area contributed by atoms with Crippen LogP contribution in [0, 0.1) is 0 Å². The fraction of sp³-hybridized carbons (Fsp3) is 0.381. The van der Waals surface area contributed by atoms with E-state index in [1.807, 2.05) is 0 Å². The summed E-state index contributed by atoms with van der Waals surface area (Å²) in [6, 6.07) is 12.7. The molecule has 3 rings (SSSR count). The van der Waals surface area contributed by atoms with Gasteiger partial charge in [0.2, 0.25) is 15.9 Å². The summed E-state index contributed by atoms with van der Waals surface area (Å²) in [5.74, 6) is -0.0908. The average molecular weight is 438 g/mol. The standard InChI is InChI=1S/C21H24F2N2O4S/c22-21(23)29-18-8-3-17(4-9-18)15-24-20(26)12-7-16-5-10-19(11-6-16)30(27,28)25-13-1-2-14-25/h3-6,8-11,21H,1-2,7,12-15H2,(H,24,26). The van der Waals surface area contributed by atoms with Crippen molar-refractivity contribution in [2.75, 3.05) is 13.1 Å². The highest BCUT2D eigenvalue weighted by Gasteiger charge is 2.26. The van der Waals surface area contributed by atoms with E-state index < -0.39 is 16.6 Å². The third-order valence-corrected chi connectivity index (χ3v) is 6.82. The van der Waals surface area contributed by atoms with Gasteiger partial charge in [-0.25, -0.2) is 8.42 Å². The molecule has 2 aromatic carbocycles. The number of hydrogen-bond acceptors (Lipinski definition) is 4. The summed E-state index contributed by atoms with van der Waals surface area (Å²) >= 11 is 0. The highest BCUT2D eigenvalue weighted by Crippen LogP contribution is 2.21. The van der Waals surface area contributed by atoms with E-state index in [-0.39, 0.29) is 29.5 Å². The largest absolute Gasteiger partial charge is 0.435 e. The molecule has 1 aliphatic rings. The second kappa shape index (κ2) is 9.99. The number of nitrogens with one attached hydrogen (secondary N) is 1. The number of halogens is 2. The second-order valence-electron chi connectivity index (χ2n) is 7.05. The van der Waals surface area contributed by atoms with Gasteiger partial charge in [0.05, 0.1) is 4.90 Å². The highest BCUT2D eigenvalue weighted by molar-refractivity contribution is 7.89. The van der Waals surface area contributed by atoms with Crippen LogP contribution < -0.4 is 10.1 Å². The van der Waals surface area contributed by atoms with E-state index in [2.05, 4.69) is 10.1 Å². The number of carbonyl (C=O) groups excluding carboxylic acids is 1. The average Bonchev–Trinajstić information content (AvgIpc) is 3.27. The first-order chi connectivity index (χ1) is 14.3. The summed E-state index contributed by atoms with van der Waals surface area (Å²) in [5.41, 5.74) is 1.64. The number of benzene rings is 2. The van der Waals surface area contributed by atoms with E-state index in [0.29, 0.717) is 19.5 Å². The SMILES string of the molecule is O=C(CCc1ccc(S(=O)(=O)N2CCCC2)cc1)NCc1ccc(OC(F)F)cc1. The van der Waals surface area contributed by atoms with Crippen molar-refractivity contribution in [2.24, 2.45) is 0 Å². The maximum atomic E-state index is 12.5. The van der Waals surface area contributed by atoms with Crippen LogP contribution in [0.1, 0.15) is 30.4 Å². The van der Waals surface area contributed by atoms with Gasteiger partial charge in [-0.15, -0.1) is 0 Å². The molecule has 162 valence electrons. The molecular formula is C21H24F2N2O4S. The molecule has 1 fully saturated rings. The first-order valence-corrected chi connectivity index (χ1v) is 11.2. The van der Waals surface area contributed by atoms with Gasteiger partial charge in [-0.2, -0.15) is 13.1 Å². The lowest BCUT2D eigenvalue weighted by Gasteiger charge is -2.15. The fourth-order valence-corrected chi connectivity index (χ4v) is 4.76. The van der Waals surface area contributed by atoms with E-state index in [1.165, 1.54) is 16.4 Å². The minimum absolute atomic E-state index is 0.0651. The zero-order chi connectivity index (χ0) is 21.6. The summed E-state index contributed by atoms with van der Waals surface area (Å²) in [7, 11) is -3.43.